The number of carbonyl (C=O) groups is 1. The number of piperidine rings is 1. The van der Waals surface area contributed by atoms with E-state index in [4.69, 9.17) is 17.3 Å². The Hall–Kier alpha value is -2.60. The molecule has 4 rings (SSSR count). The van der Waals surface area contributed by atoms with Gasteiger partial charge >= 0.3 is 0 Å². The molecule has 2 aromatic carbocycles. The quantitative estimate of drug-likeness (QED) is 0.434. The molecular formula is C24H25ClF2N4O3S2. The number of nitrogens with two attached hydrogens (primary N) is 1. The Balaban J connectivity index is 1.67. The van der Waals surface area contributed by atoms with Gasteiger partial charge in [0.15, 0.2) is 0 Å². The molecule has 0 aliphatic carbocycles. The Morgan fingerprint density at radius 1 is 1.28 bits per heavy atom. The standard InChI is InChI=1S/C24H25ClF2N4O3S2/c1-15(22-12-29-23(35-22)14-30-10-2-3-16(13-30)24(28)32)31(21-11-18(26)6-9-20(21)27)36(33,34)19-7-4-17(25)5-8-19/h4-9,11-12,15-16H,2-3,10,13-14H2,1H3,(H2,28,32). The van der Waals surface area contributed by atoms with E-state index in [0.29, 0.717) is 28.0 Å². The van der Waals surface area contributed by atoms with Gasteiger partial charge in [0.2, 0.25) is 5.91 Å². The first-order valence-electron chi connectivity index (χ1n) is 11.3. The fourth-order valence-corrected chi connectivity index (χ4v) is 7.08. The van der Waals surface area contributed by atoms with Gasteiger partial charge < -0.3 is 5.73 Å². The van der Waals surface area contributed by atoms with E-state index in [1.807, 2.05) is 0 Å². The van der Waals surface area contributed by atoms with Crippen LogP contribution >= 0.6 is 22.9 Å². The molecule has 0 bridgehead atoms. The van der Waals surface area contributed by atoms with Crippen LogP contribution in [-0.2, 0) is 21.4 Å². The zero-order valence-corrected chi connectivity index (χ0v) is 21.8. The molecule has 1 aromatic heterocycles. The number of rotatable bonds is 8. The number of carbonyl (C=O) groups excluding carboxylic acids is 1. The van der Waals surface area contributed by atoms with Crippen LogP contribution in [0.2, 0.25) is 5.02 Å². The number of benzene rings is 2. The SMILES string of the molecule is CC(c1cnc(CN2CCCC(C(N)=O)C2)s1)N(c1cc(F)ccc1F)S(=O)(=O)c1ccc(Cl)cc1. The fraction of sp³-hybridized carbons (Fsp3) is 0.333. The lowest BCUT2D eigenvalue weighted by Gasteiger charge is -2.30. The lowest BCUT2D eigenvalue weighted by atomic mass is 9.98. The molecule has 12 heteroatoms. The molecule has 2 heterocycles. The minimum absolute atomic E-state index is 0.113. The first-order chi connectivity index (χ1) is 17.1. The van der Waals surface area contributed by atoms with E-state index < -0.39 is 33.4 Å². The van der Waals surface area contributed by atoms with Crippen molar-refractivity contribution in [1.29, 1.82) is 0 Å². The van der Waals surface area contributed by atoms with E-state index in [0.717, 1.165) is 41.9 Å². The molecule has 0 spiro atoms. The minimum atomic E-state index is -4.31. The summed E-state index contributed by atoms with van der Waals surface area (Å²) in [6, 6.07) is 7.26. The molecule has 1 aliphatic heterocycles. The first kappa shape index (κ1) is 26.5. The van der Waals surface area contributed by atoms with E-state index in [1.165, 1.54) is 35.6 Å². The fourth-order valence-electron chi connectivity index (χ4n) is 4.25. The Labute approximate surface area is 217 Å². The van der Waals surface area contributed by atoms with E-state index >= 15 is 0 Å². The molecule has 192 valence electrons. The topological polar surface area (TPSA) is 96.6 Å². The lowest BCUT2D eigenvalue weighted by Crippen LogP contribution is -2.40. The molecule has 3 aromatic rings. The average Bonchev–Trinajstić information content (AvgIpc) is 3.30. The van der Waals surface area contributed by atoms with Crippen LogP contribution in [0.1, 0.15) is 35.7 Å². The summed E-state index contributed by atoms with van der Waals surface area (Å²) in [5.74, 6) is -2.19. The molecule has 1 amide bonds. The van der Waals surface area contributed by atoms with E-state index in [2.05, 4.69) is 9.88 Å². The smallest absolute Gasteiger partial charge is 0.264 e. The molecule has 36 heavy (non-hydrogen) atoms. The monoisotopic (exact) mass is 554 g/mol. The van der Waals surface area contributed by atoms with Crippen molar-refractivity contribution in [2.24, 2.45) is 11.7 Å². The maximum Gasteiger partial charge on any atom is 0.264 e. The van der Waals surface area contributed by atoms with Crippen molar-refractivity contribution < 1.29 is 22.0 Å². The third kappa shape index (κ3) is 5.69. The summed E-state index contributed by atoms with van der Waals surface area (Å²) >= 11 is 7.20. The van der Waals surface area contributed by atoms with Crippen molar-refractivity contribution in [3.05, 3.63) is 75.2 Å². The summed E-state index contributed by atoms with van der Waals surface area (Å²) in [5.41, 5.74) is 5.06. The number of amides is 1. The summed E-state index contributed by atoms with van der Waals surface area (Å²) in [6.45, 7) is 3.39. The maximum atomic E-state index is 14.9. The molecule has 2 atom stereocenters. The Morgan fingerprint density at radius 3 is 2.69 bits per heavy atom. The van der Waals surface area contributed by atoms with Crippen molar-refractivity contribution in [3.8, 4) is 0 Å². The number of nitrogens with zero attached hydrogens (tertiary/aromatic N) is 3. The minimum Gasteiger partial charge on any atom is -0.369 e. The summed E-state index contributed by atoms with van der Waals surface area (Å²) in [7, 11) is -4.31. The summed E-state index contributed by atoms with van der Waals surface area (Å²) in [5, 5.41) is 1.05. The van der Waals surface area contributed by atoms with Crippen molar-refractivity contribution in [2.45, 2.75) is 37.2 Å². The van der Waals surface area contributed by atoms with Crippen molar-refractivity contribution in [3.63, 3.8) is 0 Å². The van der Waals surface area contributed by atoms with Gasteiger partial charge in [0.05, 0.1) is 29.1 Å². The van der Waals surface area contributed by atoms with Gasteiger partial charge in [-0.3, -0.25) is 14.0 Å². The number of hydrogen-bond donors (Lipinski definition) is 1. The number of aromatic nitrogens is 1. The molecule has 0 saturated carbocycles. The van der Waals surface area contributed by atoms with Crippen molar-refractivity contribution in [2.75, 3.05) is 17.4 Å². The number of likely N-dealkylation sites (tertiary alicyclic amines) is 1. The van der Waals surface area contributed by atoms with Gasteiger partial charge in [0.1, 0.15) is 16.6 Å². The summed E-state index contributed by atoms with van der Waals surface area (Å²) in [4.78, 5) is 18.6. The number of primary amides is 1. The van der Waals surface area contributed by atoms with Crippen molar-refractivity contribution >= 4 is 44.6 Å². The van der Waals surface area contributed by atoms with Crippen LogP contribution in [-0.4, -0.2) is 37.3 Å². The molecule has 2 N–H and O–H groups in total. The largest absolute Gasteiger partial charge is 0.369 e. The highest BCUT2D eigenvalue weighted by Crippen LogP contribution is 2.37. The van der Waals surface area contributed by atoms with Gasteiger partial charge in [-0.2, -0.15) is 0 Å². The van der Waals surface area contributed by atoms with Gasteiger partial charge in [-0.1, -0.05) is 11.6 Å². The number of sulfonamides is 1. The second-order valence-corrected chi connectivity index (χ2v) is 12.1. The molecule has 0 radical (unpaired) electrons. The number of hydrogen-bond acceptors (Lipinski definition) is 6. The van der Waals surface area contributed by atoms with Gasteiger partial charge in [-0.25, -0.2) is 22.2 Å². The zero-order valence-electron chi connectivity index (χ0n) is 19.4. The first-order valence-corrected chi connectivity index (χ1v) is 13.9. The highest BCUT2D eigenvalue weighted by atomic mass is 35.5. The average molecular weight is 555 g/mol. The third-order valence-corrected chi connectivity index (χ3v) is 9.42. The predicted molar refractivity (Wildman–Crippen MR) is 135 cm³/mol. The lowest BCUT2D eigenvalue weighted by molar-refractivity contribution is -0.123. The highest BCUT2D eigenvalue weighted by molar-refractivity contribution is 7.92. The molecular weight excluding hydrogens is 530 g/mol. The molecule has 2 unspecified atom stereocenters. The van der Waals surface area contributed by atoms with E-state index in [-0.39, 0.29) is 16.7 Å². The summed E-state index contributed by atoms with van der Waals surface area (Å²) in [6.07, 6.45) is 3.14. The predicted octanol–water partition coefficient (Wildman–Crippen LogP) is 4.73. The zero-order chi connectivity index (χ0) is 26.0. The number of halogens is 3. The van der Waals surface area contributed by atoms with Gasteiger partial charge in [-0.15, -0.1) is 11.3 Å². The molecule has 7 nitrogen and oxygen atoms in total. The Morgan fingerprint density at radius 2 is 2.00 bits per heavy atom. The Kier molecular flexibility index (Phi) is 7.93. The van der Waals surface area contributed by atoms with Crippen LogP contribution in [0.25, 0.3) is 0 Å². The molecule has 1 saturated heterocycles. The van der Waals surface area contributed by atoms with E-state index in [1.54, 1.807) is 13.1 Å². The maximum absolute atomic E-state index is 14.9. The summed E-state index contributed by atoms with van der Waals surface area (Å²) < 4.78 is 57.2. The number of thiazole rings is 1. The van der Waals surface area contributed by atoms with E-state index in [9.17, 15) is 22.0 Å². The van der Waals surface area contributed by atoms with Gasteiger partial charge in [0.25, 0.3) is 10.0 Å². The van der Waals surface area contributed by atoms with Crippen LogP contribution in [0, 0.1) is 17.6 Å². The third-order valence-electron chi connectivity index (χ3n) is 6.12. The number of anilines is 1. The van der Waals surface area contributed by atoms with Crippen LogP contribution in [0.4, 0.5) is 14.5 Å². The van der Waals surface area contributed by atoms with Crippen LogP contribution < -0.4 is 10.0 Å². The van der Waals surface area contributed by atoms with Crippen LogP contribution in [0.5, 0.6) is 0 Å². The second kappa shape index (κ2) is 10.8. The second-order valence-electron chi connectivity index (χ2n) is 8.66. The van der Waals surface area contributed by atoms with Gasteiger partial charge in [0, 0.05) is 28.7 Å². The van der Waals surface area contributed by atoms with Crippen LogP contribution in [0.3, 0.4) is 0 Å². The highest BCUT2D eigenvalue weighted by Gasteiger charge is 2.34. The molecule has 1 fully saturated rings. The molecule has 1 aliphatic rings. The Bertz CT molecular complexity index is 1350. The normalized spacial score (nSPS) is 17.6. The van der Waals surface area contributed by atoms with Crippen LogP contribution in [0.15, 0.2) is 53.6 Å². The van der Waals surface area contributed by atoms with Gasteiger partial charge in [-0.05, 0) is 62.7 Å². The van der Waals surface area contributed by atoms with Crippen molar-refractivity contribution in [1.82, 2.24) is 9.88 Å².